The van der Waals surface area contributed by atoms with Gasteiger partial charge in [0.15, 0.2) is 0 Å². The van der Waals surface area contributed by atoms with Crippen molar-refractivity contribution in [3.63, 3.8) is 0 Å². The molecule has 1 aromatic heterocycles. The number of nitrogens with zero attached hydrogens (tertiary/aromatic N) is 3. The van der Waals surface area contributed by atoms with Crippen molar-refractivity contribution in [3.05, 3.63) is 59.4 Å². The predicted octanol–water partition coefficient (Wildman–Crippen LogP) is 5.00. The number of rotatable bonds is 5. The smallest absolute Gasteiger partial charge is 0.274 e. The van der Waals surface area contributed by atoms with Gasteiger partial charge in [0.1, 0.15) is 0 Å². The van der Waals surface area contributed by atoms with E-state index in [4.69, 9.17) is 0 Å². The average molecular weight is 492 g/mol. The molecular weight excluding hydrogens is 473 g/mol. The Kier molecular flexibility index (Phi) is 6.62. The Morgan fingerprint density at radius 2 is 1.74 bits per heavy atom. The van der Waals surface area contributed by atoms with Crippen molar-refractivity contribution in [2.45, 2.75) is 45.0 Å². The topological polar surface area (TPSA) is 65.5 Å². The molecule has 6 nitrogen and oxygen atoms in total. The van der Waals surface area contributed by atoms with Crippen molar-refractivity contribution >= 4 is 17.6 Å². The van der Waals surface area contributed by atoms with Crippen LogP contribution in [0.1, 0.15) is 30.5 Å². The lowest BCUT2D eigenvalue weighted by Gasteiger charge is -2.38. The second-order valence-electron chi connectivity index (χ2n) is 7.89. The highest BCUT2D eigenvalue weighted by Crippen LogP contribution is 2.53. The van der Waals surface area contributed by atoms with Crippen LogP contribution in [0, 0.1) is 5.92 Å². The quantitative estimate of drug-likeness (QED) is 0.597. The fraction of sp³-hybridized carbons (Fsp3) is 0.381. The van der Waals surface area contributed by atoms with E-state index in [1.54, 1.807) is 12.1 Å². The third-order valence-electron chi connectivity index (χ3n) is 5.16. The zero-order chi connectivity index (χ0) is 25.5. The molecule has 0 bridgehead atoms. The van der Waals surface area contributed by atoms with Gasteiger partial charge in [0, 0.05) is 30.4 Å². The van der Waals surface area contributed by atoms with E-state index in [0.717, 1.165) is 5.01 Å². The summed E-state index contributed by atoms with van der Waals surface area (Å²) in [5.74, 6) is -1.48. The number of alkyl halides is 7. The Labute approximate surface area is 189 Å². The van der Waals surface area contributed by atoms with E-state index in [2.05, 4.69) is 10.4 Å². The van der Waals surface area contributed by atoms with Gasteiger partial charge in [0.25, 0.3) is 0 Å². The van der Waals surface area contributed by atoms with E-state index in [1.807, 2.05) is 0 Å². The molecule has 184 valence electrons. The summed E-state index contributed by atoms with van der Waals surface area (Å²) in [6, 6.07) is 3.75. The first-order chi connectivity index (χ1) is 15.7. The molecule has 0 fully saturated rings. The minimum Gasteiger partial charge on any atom is -0.274 e. The zero-order valence-electron chi connectivity index (χ0n) is 17.8. The summed E-state index contributed by atoms with van der Waals surface area (Å²) in [6.07, 6.45) is -9.62. The number of carbonyl (C=O) groups is 2. The monoisotopic (exact) mass is 492 g/mol. The molecule has 1 N–H and O–H groups in total. The Balaban J connectivity index is 2.07. The molecule has 0 spiro atoms. The van der Waals surface area contributed by atoms with Crippen molar-refractivity contribution in [2.24, 2.45) is 5.92 Å². The van der Waals surface area contributed by atoms with E-state index in [0.29, 0.717) is 22.6 Å². The summed E-state index contributed by atoms with van der Waals surface area (Å²) in [6.45, 7) is 2.42. The van der Waals surface area contributed by atoms with E-state index < -0.39 is 48.0 Å². The normalized spacial score (nSPS) is 15.1. The molecule has 1 aliphatic rings. The van der Waals surface area contributed by atoms with Crippen LogP contribution in [0.2, 0.25) is 0 Å². The van der Waals surface area contributed by atoms with Crippen LogP contribution in [0.25, 0.3) is 0 Å². The van der Waals surface area contributed by atoms with Crippen molar-refractivity contribution in [2.75, 3.05) is 4.90 Å². The van der Waals surface area contributed by atoms with Gasteiger partial charge < -0.3 is 0 Å². The molecule has 2 aromatic rings. The number of hydrogen-bond donors (Lipinski definition) is 1. The number of nitrogens with one attached hydrogen (secondary N) is 1. The third-order valence-corrected chi connectivity index (χ3v) is 5.16. The Bertz CT molecular complexity index is 1060. The zero-order valence-corrected chi connectivity index (χ0v) is 17.8. The maximum atomic E-state index is 14.6. The lowest BCUT2D eigenvalue weighted by atomic mass is 9.91. The van der Waals surface area contributed by atoms with Gasteiger partial charge in [-0.2, -0.15) is 26.3 Å². The van der Waals surface area contributed by atoms with Gasteiger partial charge in [0.05, 0.1) is 12.2 Å². The number of carbonyl (C=O) groups excluding carboxylic acids is 2. The molecule has 3 amide bonds. The maximum absolute atomic E-state index is 14.6. The fourth-order valence-electron chi connectivity index (χ4n) is 3.38. The number of anilines is 1. The fourth-order valence-corrected chi connectivity index (χ4v) is 3.38. The average Bonchev–Trinajstić information content (AvgIpc) is 2.75. The van der Waals surface area contributed by atoms with Crippen molar-refractivity contribution in [1.29, 1.82) is 0 Å². The lowest BCUT2D eigenvalue weighted by Crippen LogP contribution is -2.56. The van der Waals surface area contributed by atoms with Gasteiger partial charge in [0.2, 0.25) is 5.91 Å². The van der Waals surface area contributed by atoms with E-state index in [9.17, 15) is 40.3 Å². The van der Waals surface area contributed by atoms with E-state index in [-0.39, 0.29) is 23.9 Å². The van der Waals surface area contributed by atoms with Gasteiger partial charge in [-0.3, -0.25) is 14.8 Å². The largest absolute Gasteiger partial charge is 0.435 e. The molecule has 0 atom stereocenters. The molecular formula is C21H19F7N4O2. The van der Waals surface area contributed by atoms with E-state index in [1.165, 1.54) is 26.2 Å². The molecule has 2 heterocycles. The Morgan fingerprint density at radius 1 is 1.09 bits per heavy atom. The Hall–Kier alpha value is -3.22. The number of imide groups is 1. The van der Waals surface area contributed by atoms with Crippen LogP contribution in [0.15, 0.2) is 42.7 Å². The molecule has 0 unspecified atom stereocenters. The lowest BCUT2D eigenvalue weighted by molar-refractivity contribution is -0.348. The second kappa shape index (κ2) is 8.85. The SMILES string of the molecule is CC(C)C(=O)N1C(=O)N(NCc2cccnc2)Cc2cc(C(F)(C(F)(F)F)C(F)(F)F)ccc21. The maximum Gasteiger partial charge on any atom is 0.435 e. The minimum absolute atomic E-state index is 0.0104. The van der Waals surface area contributed by atoms with Crippen molar-refractivity contribution in [1.82, 2.24) is 15.4 Å². The molecule has 0 radical (unpaired) electrons. The summed E-state index contributed by atoms with van der Waals surface area (Å²) in [5.41, 5.74) is -4.56. The third kappa shape index (κ3) is 4.43. The van der Waals surface area contributed by atoms with E-state index >= 15 is 0 Å². The van der Waals surface area contributed by atoms with Crippen LogP contribution in [-0.4, -0.2) is 34.3 Å². The summed E-state index contributed by atoms with van der Waals surface area (Å²) >= 11 is 0. The number of aromatic nitrogens is 1. The van der Waals surface area contributed by atoms with Crippen molar-refractivity contribution in [3.8, 4) is 0 Å². The number of pyridine rings is 1. The number of amides is 3. The van der Waals surface area contributed by atoms with Crippen LogP contribution in [0.5, 0.6) is 0 Å². The number of hydrazine groups is 1. The highest BCUT2D eigenvalue weighted by atomic mass is 19.4. The highest BCUT2D eigenvalue weighted by Gasteiger charge is 2.73. The number of hydrogen-bond acceptors (Lipinski definition) is 4. The summed E-state index contributed by atoms with van der Waals surface area (Å²) < 4.78 is 94.0. The van der Waals surface area contributed by atoms with Crippen LogP contribution >= 0.6 is 0 Å². The van der Waals surface area contributed by atoms with Gasteiger partial charge in [-0.25, -0.2) is 19.5 Å². The number of halogens is 7. The van der Waals surface area contributed by atoms with Crippen molar-refractivity contribution < 1.29 is 40.3 Å². The van der Waals surface area contributed by atoms with Gasteiger partial charge >= 0.3 is 24.1 Å². The van der Waals surface area contributed by atoms with Crippen LogP contribution in [0.3, 0.4) is 0 Å². The molecule has 13 heteroatoms. The number of benzene rings is 1. The molecule has 0 saturated carbocycles. The van der Waals surface area contributed by atoms with Crippen LogP contribution < -0.4 is 10.3 Å². The predicted molar refractivity (Wildman–Crippen MR) is 106 cm³/mol. The molecule has 0 saturated heterocycles. The standard InChI is InChI=1S/C21H19F7N4O2/c1-12(2)17(33)32-16-6-5-15(19(22,20(23,24)25)21(26,27)28)8-14(16)11-31(18(32)34)30-10-13-4-3-7-29-9-13/h3-9,12,30H,10-11H2,1-2H3. The second-order valence-corrected chi connectivity index (χ2v) is 7.89. The molecule has 1 aromatic carbocycles. The summed E-state index contributed by atoms with van der Waals surface area (Å²) in [7, 11) is 0. The first kappa shape index (κ1) is 25.4. The van der Waals surface area contributed by atoms with Crippen LogP contribution in [-0.2, 0) is 23.6 Å². The Morgan fingerprint density at radius 3 is 2.26 bits per heavy atom. The van der Waals surface area contributed by atoms with Gasteiger partial charge in [-0.1, -0.05) is 26.0 Å². The molecule has 1 aliphatic heterocycles. The minimum atomic E-state index is -6.30. The molecule has 3 rings (SSSR count). The first-order valence-electron chi connectivity index (χ1n) is 9.92. The summed E-state index contributed by atoms with van der Waals surface area (Å²) in [4.78, 5) is 30.2. The van der Waals surface area contributed by atoms with Gasteiger partial charge in [-0.05, 0) is 29.3 Å². The number of fused-ring (bicyclic) bond motifs is 1. The molecule has 0 aliphatic carbocycles. The summed E-state index contributed by atoms with van der Waals surface area (Å²) in [5, 5.41) is 0.862. The molecule has 34 heavy (non-hydrogen) atoms. The highest BCUT2D eigenvalue weighted by molar-refractivity contribution is 6.16. The van der Waals surface area contributed by atoms with Crippen LogP contribution in [0.4, 0.5) is 41.2 Å². The number of urea groups is 1. The van der Waals surface area contributed by atoms with Gasteiger partial charge in [-0.15, -0.1) is 0 Å². The first-order valence-corrected chi connectivity index (χ1v) is 9.92.